The number of aliphatic imine (C=N–C) groups is 1. The zero-order valence-corrected chi connectivity index (χ0v) is 23.0. The average Bonchev–Trinajstić information content (AvgIpc) is 3.32. The summed E-state index contributed by atoms with van der Waals surface area (Å²) in [6.07, 6.45) is -4.19. The normalized spacial score (nSPS) is 17.8. The van der Waals surface area contributed by atoms with E-state index in [0.29, 0.717) is 10.5 Å². The number of rotatable bonds is 5. The van der Waals surface area contributed by atoms with Crippen LogP contribution >= 0.6 is 34.8 Å². The van der Waals surface area contributed by atoms with Crippen LogP contribution in [0.25, 0.3) is 0 Å². The Morgan fingerprint density at radius 1 is 1.21 bits per heavy atom. The maximum absolute atomic E-state index is 14.3. The Labute approximate surface area is 237 Å². The number of halogens is 6. The molecule has 1 aliphatic heterocycles. The summed E-state index contributed by atoms with van der Waals surface area (Å²) < 4.78 is 47.7. The summed E-state index contributed by atoms with van der Waals surface area (Å²) in [7, 11) is 1.08. The second-order valence-electron chi connectivity index (χ2n) is 8.34. The maximum atomic E-state index is 14.3. The van der Waals surface area contributed by atoms with Crippen molar-refractivity contribution < 1.29 is 32.3 Å². The van der Waals surface area contributed by atoms with E-state index in [1.165, 1.54) is 30.5 Å². The topological polar surface area (TPSA) is 80.6 Å². The molecule has 0 aromatic heterocycles. The molecule has 1 heterocycles. The first-order valence-electron chi connectivity index (χ1n) is 11.1. The van der Waals surface area contributed by atoms with E-state index >= 15 is 0 Å². The van der Waals surface area contributed by atoms with Gasteiger partial charge in [-0.2, -0.15) is 18.1 Å². The Bertz CT molecular complexity index is 1400. The van der Waals surface area contributed by atoms with E-state index in [2.05, 4.69) is 16.7 Å². The second kappa shape index (κ2) is 11.8. The third-order valence-corrected chi connectivity index (χ3v) is 6.19. The second-order valence-corrected chi connectivity index (χ2v) is 9.81. The molecule has 3 rings (SSSR count). The third-order valence-electron chi connectivity index (χ3n) is 5.65. The van der Waals surface area contributed by atoms with Crippen LogP contribution < -0.4 is 0 Å². The van der Waals surface area contributed by atoms with Crippen molar-refractivity contribution in [3.8, 4) is 0 Å². The minimum absolute atomic E-state index is 0.00572. The van der Waals surface area contributed by atoms with Crippen LogP contribution in [0.3, 0.4) is 0 Å². The molecule has 2 aromatic rings. The molecule has 1 atom stereocenters. The molecule has 0 spiro atoms. The Morgan fingerprint density at radius 3 is 2.36 bits per heavy atom. The number of oxime groups is 1. The van der Waals surface area contributed by atoms with Crippen molar-refractivity contribution in [2.75, 3.05) is 7.11 Å². The molecular formula is C26H21Cl3F3N3O4. The highest BCUT2D eigenvalue weighted by Gasteiger charge is 2.62. The summed E-state index contributed by atoms with van der Waals surface area (Å²) in [4.78, 5) is 35.5. The number of hydrogen-bond donors (Lipinski definition) is 0. The maximum Gasteiger partial charge on any atom is 0.435 e. The van der Waals surface area contributed by atoms with Gasteiger partial charge in [-0.15, -0.1) is 0 Å². The van der Waals surface area contributed by atoms with E-state index in [0.717, 1.165) is 25.3 Å². The lowest BCUT2D eigenvalue weighted by Gasteiger charge is -2.29. The molecule has 7 nitrogen and oxygen atoms in total. The van der Waals surface area contributed by atoms with Gasteiger partial charge in [-0.3, -0.25) is 4.79 Å². The van der Waals surface area contributed by atoms with Crippen molar-refractivity contribution >= 4 is 58.4 Å². The monoisotopic (exact) mass is 601 g/mol. The zero-order chi connectivity index (χ0) is 29.1. The number of methoxy groups -OCH3 is 1. The van der Waals surface area contributed by atoms with Crippen molar-refractivity contribution in [1.82, 2.24) is 4.90 Å². The van der Waals surface area contributed by atoms with Crippen LogP contribution in [0.1, 0.15) is 40.4 Å². The third kappa shape index (κ3) is 6.29. The fourth-order valence-electron chi connectivity index (χ4n) is 3.78. The van der Waals surface area contributed by atoms with Crippen molar-refractivity contribution in [2.24, 2.45) is 10.1 Å². The summed E-state index contributed by atoms with van der Waals surface area (Å²) in [6, 6.07) is 7.73. The Morgan fingerprint density at radius 2 is 1.85 bits per heavy atom. The van der Waals surface area contributed by atoms with Crippen LogP contribution in [0.5, 0.6) is 0 Å². The molecule has 0 fully saturated rings. The molecule has 0 saturated heterocycles. The summed E-state index contributed by atoms with van der Waals surface area (Å²) >= 11 is 17.7. The first kappa shape index (κ1) is 30.2. The van der Waals surface area contributed by atoms with Gasteiger partial charge in [0.2, 0.25) is 0 Å². The zero-order valence-electron chi connectivity index (χ0n) is 20.8. The van der Waals surface area contributed by atoms with E-state index in [4.69, 9.17) is 44.4 Å². The first-order chi connectivity index (χ1) is 18.2. The number of aryl methyl sites for hydroxylation is 1. The SMILES string of the molecule is C=CC(=N/C=C(\C)Cl)N(C(=O)OC)C(=O)c1ccc(C2=NOC(c3cc(Cl)cc(Cl)c3)(C(F)(F)F)C2)cc1C. The molecule has 0 radical (unpaired) electrons. The molecular weight excluding hydrogens is 582 g/mol. The van der Waals surface area contributed by atoms with Gasteiger partial charge in [-0.25, -0.2) is 9.79 Å². The number of benzene rings is 2. The highest BCUT2D eigenvalue weighted by Crippen LogP contribution is 2.49. The lowest BCUT2D eigenvalue weighted by Crippen LogP contribution is -2.42. The molecule has 2 aromatic carbocycles. The standard InChI is InChI=1S/C26H21Cl3F3N3O4/c1-5-22(33-13-15(3)27)35(24(37)38-4)23(36)20-7-6-16(8-14(20)2)21-12-25(39-34-21,26(30,31)32)17-9-18(28)11-19(29)10-17/h5-11,13H,1,12H2,2-4H3/b15-13+,33-22?. The fourth-order valence-corrected chi connectivity index (χ4v) is 4.35. The van der Waals surface area contributed by atoms with Gasteiger partial charge < -0.3 is 9.57 Å². The molecule has 0 saturated carbocycles. The van der Waals surface area contributed by atoms with Crippen molar-refractivity contribution in [1.29, 1.82) is 0 Å². The fraction of sp³-hybridized carbons (Fsp3) is 0.231. The molecule has 2 amide bonds. The lowest BCUT2D eigenvalue weighted by molar-refractivity contribution is -0.275. The van der Waals surface area contributed by atoms with Gasteiger partial charge in [0.1, 0.15) is 5.84 Å². The molecule has 13 heteroatoms. The summed E-state index contributed by atoms with van der Waals surface area (Å²) in [5.74, 6) is -0.966. The number of allylic oxidation sites excluding steroid dienone is 1. The predicted octanol–water partition coefficient (Wildman–Crippen LogP) is 7.78. The van der Waals surface area contributed by atoms with Gasteiger partial charge in [-0.1, -0.05) is 52.6 Å². The van der Waals surface area contributed by atoms with Crippen molar-refractivity contribution in [3.05, 3.63) is 92.6 Å². The smallest absolute Gasteiger partial charge is 0.435 e. The van der Waals surface area contributed by atoms with E-state index in [1.54, 1.807) is 13.8 Å². The molecule has 0 aliphatic carbocycles. The van der Waals surface area contributed by atoms with Gasteiger partial charge in [0, 0.05) is 38.8 Å². The number of carbonyl (C=O) groups excluding carboxylic acids is 2. The molecule has 39 heavy (non-hydrogen) atoms. The quantitative estimate of drug-likeness (QED) is 0.259. The molecule has 0 N–H and O–H groups in total. The van der Waals surface area contributed by atoms with Crippen molar-refractivity contribution in [2.45, 2.75) is 32.0 Å². The first-order valence-corrected chi connectivity index (χ1v) is 12.2. The lowest BCUT2D eigenvalue weighted by atomic mass is 9.86. The van der Waals surface area contributed by atoms with E-state index in [1.807, 2.05) is 0 Å². The number of amidine groups is 1. The molecule has 1 unspecified atom stereocenters. The van der Waals surface area contributed by atoms with E-state index in [9.17, 15) is 22.8 Å². The molecule has 1 aliphatic rings. The highest BCUT2D eigenvalue weighted by atomic mass is 35.5. The number of nitrogens with zero attached hydrogens (tertiary/aromatic N) is 3. The highest BCUT2D eigenvalue weighted by molar-refractivity contribution is 6.34. The van der Waals surface area contributed by atoms with Crippen LogP contribution in [-0.2, 0) is 15.2 Å². The Kier molecular flexibility index (Phi) is 9.15. The van der Waals surface area contributed by atoms with Gasteiger partial charge in [-0.05, 0) is 61.4 Å². The predicted molar refractivity (Wildman–Crippen MR) is 143 cm³/mol. The largest absolute Gasteiger partial charge is 0.452 e. The summed E-state index contributed by atoms with van der Waals surface area (Å²) in [5.41, 5.74) is -2.49. The minimum Gasteiger partial charge on any atom is -0.452 e. The molecule has 206 valence electrons. The van der Waals surface area contributed by atoms with Crippen LogP contribution in [0.4, 0.5) is 18.0 Å². The van der Waals surface area contributed by atoms with Crippen LogP contribution in [-0.4, -0.2) is 41.7 Å². The van der Waals surface area contributed by atoms with E-state index < -0.39 is 30.2 Å². The minimum atomic E-state index is -4.87. The Balaban J connectivity index is 1.99. The number of ether oxygens (including phenoxy) is 1. The van der Waals surface area contributed by atoms with Gasteiger partial charge in [0.05, 0.1) is 12.8 Å². The summed E-state index contributed by atoms with van der Waals surface area (Å²) in [5, 5.41) is 4.02. The number of carbonyl (C=O) groups is 2. The van der Waals surface area contributed by atoms with E-state index in [-0.39, 0.29) is 43.3 Å². The number of amides is 2. The van der Waals surface area contributed by atoms with Gasteiger partial charge in [0.15, 0.2) is 0 Å². The van der Waals surface area contributed by atoms with Crippen LogP contribution in [0.2, 0.25) is 10.0 Å². The number of hydrogen-bond acceptors (Lipinski definition) is 6. The van der Waals surface area contributed by atoms with Gasteiger partial charge >= 0.3 is 12.3 Å². The number of imide groups is 1. The average molecular weight is 603 g/mol. The molecule has 0 bridgehead atoms. The van der Waals surface area contributed by atoms with Gasteiger partial charge in [0.25, 0.3) is 11.5 Å². The van der Waals surface area contributed by atoms with Crippen molar-refractivity contribution in [3.63, 3.8) is 0 Å². The Hall–Kier alpha value is -3.34. The van der Waals surface area contributed by atoms with Crippen LogP contribution in [0.15, 0.2) is 70.4 Å². The number of alkyl halides is 3. The summed E-state index contributed by atoms with van der Waals surface area (Å²) in [6.45, 7) is 6.66. The van der Waals surface area contributed by atoms with Crippen LogP contribution in [0, 0.1) is 6.92 Å².